The van der Waals surface area contributed by atoms with Gasteiger partial charge in [0.2, 0.25) is 5.91 Å². The molecule has 0 spiro atoms. The summed E-state index contributed by atoms with van der Waals surface area (Å²) in [6.45, 7) is 9.45. The van der Waals surface area contributed by atoms with Crippen LogP contribution < -0.4 is 19.5 Å². The molecule has 3 aromatic rings. The highest BCUT2D eigenvalue weighted by atomic mass is 16.5. The molecule has 0 atom stereocenters. The fourth-order valence-corrected chi connectivity index (χ4v) is 3.47. The fourth-order valence-electron chi connectivity index (χ4n) is 3.47. The van der Waals surface area contributed by atoms with E-state index >= 15 is 0 Å². The van der Waals surface area contributed by atoms with Crippen LogP contribution in [0.4, 0.5) is 5.69 Å². The van der Waals surface area contributed by atoms with Crippen LogP contribution in [0.2, 0.25) is 0 Å². The molecule has 0 aromatic heterocycles. The van der Waals surface area contributed by atoms with Gasteiger partial charge in [0.1, 0.15) is 30.5 Å². The highest BCUT2D eigenvalue weighted by Crippen LogP contribution is 2.27. The number of amides is 1. The van der Waals surface area contributed by atoms with Gasteiger partial charge < -0.3 is 19.5 Å². The molecule has 1 amide bonds. The molecule has 0 fully saturated rings. The van der Waals surface area contributed by atoms with E-state index in [2.05, 4.69) is 30.4 Å². The van der Waals surface area contributed by atoms with Crippen molar-refractivity contribution in [2.45, 2.75) is 40.5 Å². The number of carbonyl (C=O) groups excluding carboxylic acids is 1. The number of nitrogens with one attached hydrogen (secondary N) is 1. The molecule has 5 heteroatoms. The number of benzene rings is 3. The second kappa shape index (κ2) is 12.1. The molecule has 0 heterocycles. The Hall–Kier alpha value is -3.47. The first kappa shape index (κ1) is 25.2. The van der Waals surface area contributed by atoms with Crippen LogP contribution in [0.1, 0.15) is 37.8 Å². The van der Waals surface area contributed by atoms with Crippen LogP contribution in [0.15, 0.2) is 72.8 Å². The third-order valence-electron chi connectivity index (χ3n) is 5.62. The third kappa shape index (κ3) is 7.84. The van der Waals surface area contributed by atoms with Crippen LogP contribution in [0.25, 0.3) is 0 Å². The van der Waals surface area contributed by atoms with Gasteiger partial charge in [0.15, 0.2) is 0 Å². The van der Waals surface area contributed by atoms with Crippen molar-refractivity contribution in [2.75, 3.05) is 25.1 Å². The van der Waals surface area contributed by atoms with Gasteiger partial charge in [-0.25, -0.2) is 0 Å². The van der Waals surface area contributed by atoms with Crippen molar-refractivity contribution in [1.29, 1.82) is 0 Å². The molecule has 34 heavy (non-hydrogen) atoms. The standard InChI is InChI=1S/C29H35NO4/c1-22-14-15-23(2)27(20-22)34-17-9-16-29(3,4)28(31)30-24-10-8-13-26(21-24)33-19-18-32-25-11-6-5-7-12-25/h5-8,10-15,20-21H,9,16-19H2,1-4H3,(H,30,31). The van der Waals surface area contributed by atoms with Crippen LogP contribution in [0.3, 0.4) is 0 Å². The van der Waals surface area contributed by atoms with Crippen LogP contribution in [0, 0.1) is 19.3 Å². The summed E-state index contributed by atoms with van der Waals surface area (Å²) < 4.78 is 17.4. The zero-order valence-electron chi connectivity index (χ0n) is 20.6. The summed E-state index contributed by atoms with van der Waals surface area (Å²) in [5.74, 6) is 2.39. The Morgan fingerprint density at radius 3 is 2.26 bits per heavy atom. The number of aryl methyl sites for hydroxylation is 2. The molecule has 0 bridgehead atoms. The minimum Gasteiger partial charge on any atom is -0.493 e. The highest BCUT2D eigenvalue weighted by molar-refractivity contribution is 5.94. The van der Waals surface area contributed by atoms with Crippen molar-refractivity contribution < 1.29 is 19.0 Å². The van der Waals surface area contributed by atoms with Crippen molar-refractivity contribution in [2.24, 2.45) is 5.41 Å². The van der Waals surface area contributed by atoms with E-state index in [9.17, 15) is 4.79 Å². The lowest BCUT2D eigenvalue weighted by atomic mass is 9.87. The second-order valence-electron chi connectivity index (χ2n) is 9.10. The topological polar surface area (TPSA) is 56.8 Å². The van der Waals surface area contributed by atoms with Crippen LogP contribution in [-0.4, -0.2) is 25.7 Å². The summed E-state index contributed by atoms with van der Waals surface area (Å²) in [6.07, 6.45) is 1.51. The first-order chi connectivity index (χ1) is 16.3. The van der Waals surface area contributed by atoms with Gasteiger partial charge in [-0.2, -0.15) is 0 Å². The van der Waals surface area contributed by atoms with Crippen molar-refractivity contribution >= 4 is 11.6 Å². The molecule has 3 rings (SSSR count). The van der Waals surface area contributed by atoms with Crippen molar-refractivity contribution in [3.05, 3.63) is 83.9 Å². The SMILES string of the molecule is Cc1ccc(C)c(OCCCC(C)(C)C(=O)Nc2cccc(OCCOc3ccccc3)c2)c1. The summed E-state index contributed by atoms with van der Waals surface area (Å²) in [5, 5.41) is 3.02. The summed E-state index contributed by atoms with van der Waals surface area (Å²) >= 11 is 0. The summed E-state index contributed by atoms with van der Waals surface area (Å²) in [4.78, 5) is 12.9. The van der Waals surface area contributed by atoms with E-state index in [4.69, 9.17) is 14.2 Å². The van der Waals surface area contributed by atoms with E-state index in [1.54, 1.807) is 0 Å². The molecule has 0 aliphatic heterocycles. The molecular weight excluding hydrogens is 426 g/mol. The maximum absolute atomic E-state index is 12.9. The zero-order valence-corrected chi connectivity index (χ0v) is 20.6. The number of rotatable bonds is 12. The lowest BCUT2D eigenvalue weighted by Gasteiger charge is -2.24. The first-order valence-corrected chi connectivity index (χ1v) is 11.8. The monoisotopic (exact) mass is 461 g/mol. The Morgan fingerprint density at radius 2 is 1.50 bits per heavy atom. The number of anilines is 1. The molecule has 0 saturated heterocycles. The third-order valence-corrected chi connectivity index (χ3v) is 5.62. The van der Waals surface area contributed by atoms with Crippen LogP contribution >= 0.6 is 0 Å². The van der Waals surface area contributed by atoms with Crippen LogP contribution in [0.5, 0.6) is 17.2 Å². The molecule has 0 unspecified atom stereocenters. The summed E-state index contributed by atoms with van der Waals surface area (Å²) in [5.41, 5.74) is 2.49. The van der Waals surface area contributed by atoms with Gasteiger partial charge in [-0.15, -0.1) is 0 Å². The average Bonchev–Trinajstić information content (AvgIpc) is 2.82. The Labute approximate surface area is 203 Å². The molecule has 3 aromatic carbocycles. The molecule has 1 N–H and O–H groups in total. The molecule has 5 nitrogen and oxygen atoms in total. The van der Waals surface area contributed by atoms with Crippen LogP contribution in [-0.2, 0) is 4.79 Å². The van der Waals surface area contributed by atoms with E-state index in [0.717, 1.165) is 29.9 Å². The molecular formula is C29H35NO4. The highest BCUT2D eigenvalue weighted by Gasteiger charge is 2.27. The van der Waals surface area contributed by atoms with Gasteiger partial charge in [-0.1, -0.05) is 50.2 Å². The van der Waals surface area contributed by atoms with Gasteiger partial charge in [0, 0.05) is 17.2 Å². The Morgan fingerprint density at radius 1 is 0.794 bits per heavy atom. The van der Waals surface area contributed by atoms with Gasteiger partial charge in [-0.05, 0) is 68.1 Å². The minimum atomic E-state index is -0.522. The average molecular weight is 462 g/mol. The fraction of sp³-hybridized carbons (Fsp3) is 0.345. The van der Waals surface area contributed by atoms with Gasteiger partial charge >= 0.3 is 0 Å². The second-order valence-corrected chi connectivity index (χ2v) is 9.10. The number of hydrogen-bond donors (Lipinski definition) is 1. The summed E-state index contributed by atoms with van der Waals surface area (Å²) in [6, 6.07) is 23.3. The lowest BCUT2D eigenvalue weighted by molar-refractivity contribution is -0.124. The van der Waals surface area contributed by atoms with Gasteiger partial charge in [0.25, 0.3) is 0 Å². The van der Waals surface area contributed by atoms with E-state index in [1.807, 2.05) is 75.4 Å². The predicted molar refractivity (Wildman–Crippen MR) is 137 cm³/mol. The molecule has 0 saturated carbocycles. The van der Waals surface area contributed by atoms with Crippen molar-refractivity contribution in [3.63, 3.8) is 0 Å². The molecule has 0 radical (unpaired) electrons. The smallest absolute Gasteiger partial charge is 0.230 e. The largest absolute Gasteiger partial charge is 0.493 e. The quantitative estimate of drug-likeness (QED) is 0.309. The Kier molecular flexibility index (Phi) is 8.97. The number of carbonyl (C=O) groups is 1. The zero-order chi connectivity index (χ0) is 24.4. The molecule has 0 aliphatic rings. The van der Waals surface area contributed by atoms with Crippen molar-refractivity contribution in [3.8, 4) is 17.2 Å². The van der Waals surface area contributed by atoms with Crippen molar-refractivity contribution in [1.82, 2.24) is 0 Å². The maximum Gasteiger partial charge on any atom is 0.230 e. The predicted octanol–water partition coefficient (Wildman–Crippen LogP) is 6.59. The number of para-hydroxylation sites is 1. The number of hydrogen-bond acceptors (Lipinski definition) is 4. The maximum atomic E-state index is 12.9. The van der Waals surface area contributed by atoms with E-state index < -0.39 is 5.41 Å². The molecule has 0 aliphatic carbocycles. The normalized spacial score (nSPS) is 11.1. The van der Waals surface area contributed by atoms with Gasteiger partial charge in [-0.3, -0.25) is 4.79 Å². The lowest BCUT2D eigenvalue weighted by Crippen LogP contribution is -2.31. The Bertz CT molecular complexity index is 1060. The molecule has 180 valence electrons. The Balaban J connectivity index is 1.42. The van der Waals surface area contributed by atoms with E-state index in [1.165, 1.54) is 5.56 Å². The minimum absolute atomic E-state index is 0.0243. The van der Waals surface area contributed by atoms with E-state index in [-0.39, 0.29) is 5.91 Å². The van der Waals surface area contributed by atoms with Gasteiger partial charge in [0.05, 0.1) is 6.61 Å². The summed E-state index contributed by atoms with van der Waals surface area (Å²) in [7, 11) is 0. The first-order valence-electron chi connectivity index (χ1n) is 11.8. The van der Waals surface area contributed by atoms with E-state index in [0.29, 0.717) is 31.3 Å². The number of ether oxygens (including phenoxy) is 3.